The van der Waals surface area contributed by atoms with E-state index >= 15 is 0 Å². The van der Waals surface area contributed by atoms with E-state index in [-0.39, 0.29) is 5.97 Å². The molecule has 24 heavy (non-hydrogen) atoms. The van der Waals surface area contributed by atoms with Crippen molar-refractivity contribution < 1.29 is 9.53 Å². The van der Waals surface area contributed by atoms with E-state index in [2.05, 4.69) is 20.8 Å². The first-order chi connectivity index (χ1) is 11.6. The van der Waals surface area contributed by atoms with Gasteiger partial charge in [0.25, 0.3) is 0 Å². The lowest BCUT2D eigenvalue weighted by atomic mass is 10.0. The Labute approximate surface area is 151 Å². The summed E-state index contributed by atoms with van der Waals surface area (Å²) in [6.45, 7) is 6.94. The molecule has 0 aliphatic heterocycles. The Morgan fingerprint density at radius 2 is 1.21 bits per heavy atom. The van der Waals surface area contributed by atoms with Gasteiger partial charge in [-0.1, -0.05) is 97.8 Å². The van der Waals surface area contributed by atoms with E-state index in [0.29, 0.717) is 18.9 Å². The Bertz CT molecular complexity index is 279. The van der Waals surface area contributed by atoms with Gasteiger partial charge in [0.1, 0.15) is 6.04 Å². The molecule has 0 heterocycles. The SMILES string of the molecule is CCCCCCCCCCCCCCCOC(=O)[C@@H](N)CC(C)C. The van der Waals surface area contributed by atoms with Gasteiger partial charge in [-0.3, -0.25) is 4.79 Å². The van der Waals surface area contributed by atoms with Gasteiger partial charge in [0, 0.05) is 0 Å². The monoisotopic (exact) mass is 341 g/mol. The number of esters is 1. The third-order valence-corrected chi connectivity index (χ3v) is 4.52. The summed E-state index contributed by atoms with van der Waals surface area (Å²) in [7, 11) is 0. The summed E-state index contributed by atoms with van der Waals surface area (Å²) in [6.07, 6.45) is 18.0. The second-order valence-electron chi connectivity index (χ2n) is 7.65. The van der Waals surface area contributed by atoms with Gasteiger partial charge in [-0.05, 0) is 18.8 Å². The summed E-state index contributed by atoms with van der Waals surface area (Å²) >= 11 is 0. The molecule has 0 aliphatic rings. The summed E-state index contributed by atoms with van der Waals surface area (Å²) in [5, 5.41) is 0. The Morgan fingerprint density at radius 3 is 1.62 bits per heavy atom. The lowest BCUT2D eigenvalue weighted by Crippen LogP contribution is -2.33. The van der Waals surface area contributed by atoms with Crippen molar-refractivity contribution in [2.75, 3.05) is 6.61 Å². The molecular weight excluding hydrogens is 298 g/mol. The van der Waals surface area contributed by atoms with E-state index in [1.54, 1.807) is 0 Å². The van der Waals surface area contributed by atoms with Crippen LogP contribution in [0.5, 0.6) is 0 Å². The summed E-state index contributed by atoms with van der Waals surface area (Å²) < 4.78 is 5.24. The molecule has 1 atom stereocenters. The maximum Gasteiger partial charge on any atom is 0.322 e. The summed E-state index contributed by atoms with van der Waals surface area (Å²) in [4.78, 5) is 11.6. The van der Waals surface area contributed by atoms with Crippen LogP contribution in [-0.4, -0.2) is 18.6 Å². The first-order valence-corrected chi connectivity index (χ1v) is 10.5. The average molecular weight is 342 g/mol. The topological polar surface area (TPSA) is 52.3 Å². The van der Waals surface area contributed by atoms with Crippen LogP contribution in [0.2, 0.25) is 0 Å². The number of rotatable bonds is 17. The molecule has 0 aromatic rings. The number of carbonyl (C=O) groups is 1. The van der Waals surface area contributed by atoms with Crippen molar-refractivity contribution in [3.8, 4) is 0 Å². The fourth-order valence-corrected chi connectivity index (χ4v) is 3.00. The molecule has 0 spiro atoms. The molecule has 144 valence electrons. The van der Waals surface area contributed by atoms with Gasteiger partial charge < -0.3 is 10.5 Å². The number of carbonyl (C=O) groups excluding carboxylic acids is 1. The molecule has 0 bridgehead atoms. The quantitative estimate of drug-likeness (QED) is 0.261. The van der Waals surface area contributed by atoms with Crippen LogP contribution in [0.4, 0.5) is 0 Å². The van der Waals surface area contributed by atoms with E-state index in [1.807, 2.05) is 0 Å². The van der Waals surface area contributed by atoms with Gasteiger partial charge in [-0.15, -0.1) is 0 Å². The molecule has 0 aliphatic carbocycles. The predicted molar refractivity (Wildman–Crippen MR) is 104 cm³/mol. The zero-order chi connectivity index (χ0) is 18.0. The number of nitrogens with two attached hydrogens (primary N) is 1. The molecule has 3 nitrogen and oxygen atoms in total. The molecule has 0 aromatic heterocycles. The highest BCUT2D eigenvalue weighted by Gasteiger charge is 2.15. The highest BCUT2D eigenvalue weighted by Crippen LogP contribution is 2.12. The maximum absolute atomic E-state index is 11.6. The minimum absolute atomic E-state index is 0.234. The molecular formula is C21H43NO2. The first-order valence-electron chi connectivity index (χ1n) is 10.5. The fraction of sp³-hybridized carbons (Fsp3) is 0.952. The maximum atomic E-state index is 11.6. The average Bonchev–Trinajstić information content (AvgIpc) is 2.54. The van der Waals surface area contributed by atoms with Crippen LogP contribution in [0.15, 0.2) is 0 Å². The Balaban J connectivity index is 3.21. The van der Waals surface area contributed by atoms with Crippen molar-refractivity contribution in [1.29, 1.82) is 0 Å². The van der Waals surface area contributed by atoms with Crippen molar-refractivity contribution in [2.24, 2.45) is 11.7 Å². The van der Waals surface area contributed by atoms with Gasteiger partial charge in [-0.2, -0.15) is 0 Å². The number of unbranched alkanes of at least 4 members (excludes halogenated alkanes) is 12. The third kappa shape index (κ3) is 16.3. The standard InChI is InChI=1S/C21H43NO2/c1-4-5-6-7-8-9-10-11-12-13-14-15-16-17-24-21(23)20(22)18-19(2)3/h19-20H,4-18,22H2,1-3H3/t20-/m0/s1. The van der Waals surface area contributed by atoms with Crippen LogP contribution in [0.25, 0.3) is 0 Å². The molecule has 3 heteroatoms. The van der Waals surface area contributed by atoms with Crippen LogP contribution >= 0.6 is 0 Å². The number of ether oxygens (including phenoxy) is 1. The second-order valence-corrected chi connectivity index (χ2v) is 7.65. The normalized spacial score (nSPS) is 12.5. The Morgan fingerprint density at radius 1 is 0.792 bits per heavy atom. The molecule has 0 saturated heterocycles. The van der Waals surface area contributed by atoms with Crippen molar-refractivity contribution in [3.63, 3.8) is 0 Å². The summed E-state index contributed by atoms with van der Waals surface area (Å²) in [5.41, 5.74) is 5.80. The molecule has 0 amide bonds. The van der Waals surface area contributed by atoms with Gasteiger partial charge in [0.2, 0.25) is 0 Å². The van der Waals surface area contributed by atoms with Crippen molar-refractivity contribution in [3.05, 3.63) is 0 Å². The van der Waals surface area contributed by atoms with E-state index in [1.165, 1.54) is 70.6 Å². The van der Waals surface area contributed by atoms with Gasteiger partial charge in [0.05, 0.1) is 6.61 Å². The minimum Gasteiger partial charge on any atom is -0.465 e. The zero-order valence-corrected chi connectivity index (χ0v) is 16.7. The first kappa shape index (κ1) is 23.4. The van der Waals surface area contributed by atoms with E-state index in [0.717, 1.165) is 12.8 Å². The van der Waals surface area contributed by atoms with Crippen LogP contribution in [-0.2, 0) is 9.53 Å². The molecule has 0 unspecified atom stereocenters. The van der Waals surface area contributed by atoms with Gasteiger partial charge in [-0.25, -0.2) is 0 Å². The lowest BCUT2D eigenvalue weighted by molar-refractivity contribution is -0.145. The summed E-state index contributed by atoms with van der Waals surface area (Å²) in [5.74, 6) is 0.200. The second kappa shape index (κ2) is 17.3. The number of hydrogen-bond acceptors (Lipinski definition) is 3. The Kier molecular flexibility index (Phi) is 16.8. The summed E-state index contributed by atoms with van der Waals surface area (Å²) in [6, 6.07) is -0.452. The predicted octanol–water partition coefficient (Wildman–Crippen LogP) is 5.99. The smallest absolute Gasteiger partial charge is 0.322 e. The number of hydrogen-bond donors (Lipinski definition) is 1. The lowest BCUT2D eigenvalue weighted by Gasteiger charge is -2.13. The van der Waals surface area contributed by atoms with Crippen LogP contribution < -0.4 is 5.73 Å². The largest absolute Gasteiger partial charge is 0.465 e. The molecule has 0 saturated carbocycles. The molecule has 0 fully saturated rings. The van der Waals surface area contributed by atoms with Crippen molar-refractivity contribution >= 4 is 5.97 Å². The van der Waals surface area contributed by atoms with Crippen molar-refractivity contribution in [1.82, 2.24) is 0 Å². The van der Waals surface area contributed by atoms with Crippen LogP contribution in [0.3, 0.4) is 0 Å². The van der Waals surface area contributed by atoms with Gasteiger partial charge in [0.15, 0.2) is 0 Å². The highest BCUT2D eigenvalue weighted by atomic mass is 16.5. The van der Waals surface area contributed by atoms with Crippen molar-refractivity contribution in [2.45, 2.75) is 117 Å². The van der Waals surface area contributed by atoms with Crippen LogP contribution in [0, 0.1) is 5.92 Å². The molecule has 0 aromatic carbocycles. The minimum atomic E-state index is -0.452. The fourth-order valence-electron chi connectivity index (χ4n) is 3.00. The molecule has 0 radical (unpaired) electrons. The highest BCUT2D eigenvalue weighted by molar-refractivity contribution is 5.75. The van der Waals surface area contributed by atoms with E-state index in [9.17, 15) is 4.79 Å². The molecule has 0 rings (SSSR count). The van der Waals surface area contributed by atoms with E-state index in [4.69, 9.17) is 10.5 Å². The Hall–Kier alpha value is -0.570. The van der Waals surface area contributed by atoms with Crippen LogP contribution in [0.1, 0.15) is 111 Å². The zero-order valence-electron chi connectivity index (χ0n) is 16.7. The van der Waals surface area contributed by atoms with E-state index < -0.39 is 6.04 Å². The molecule has 2 N–H and O–H groups in total. The third-order valence-electron chi connectivity index (χ3n) is 4.52. The van der Waals surface area contributed by atoms with Gasteiger partial charge >= 0.3 is 5.97 Å².